The van der Waals surface area contributed by atoms with E-state index in [9.17, 15) is 27.6 Å². The number of fused-ring (bicyclic) bond motifs is 1. The number of carbonyl (C=O) groups excluding carboxylic acids is 1. The van der Waals surface area contributed by atoms with Gasteiger partial charge in [-0.3, -0.25) is 10.0 Å². The van der Waals surface area contributed by atoms with E-state index in [1.165, 1.54) is 38.5 Å². The van der Waals surface area contributed by atoms with Gasteiger partial charge in [-0.05, 0) is 17.5 Å². The van der Waals surface area contributed by atoms with Crippen LogP contribution in [0.5, 0.6) is 11.5 Å². The molecule has 1 amide bonds. The Morgan fingerprint density at radius 3 is 2.26 bits per heavy atom. The number of amides is 1. The van der Waals surface area contributed by atoms with Crippen LogP contribution in [0.4, 0.5) is 17.6 Å². The number of methoxy groups -OCH3 is 2. The number of rotatable bonds is 8. The molecule has 5 nitrogen and oxygen atoms in total. The number of halogens is 4. The molecule has 0 atom stereocenters. The molecule has 0 aliphatic heterocycles. The summed E-state index contributed by atoms with van der Waals surface area (Å²) in [7, 11) is 2.84. The first kappa shape index (κ1) is 22.8. The van der Waals surface area contributed by atoms with Gasteiger partial charge in [0.25, 0.3) is 11.8 Å². The van der Waals surface area contributed by atoms with Crippen LogP contribution in [0.1, 0.15) is 23.3 Å². The zero-order valence-corrected chi connectivity index (χ0v) is 17.4. The third kappa shape index (κ3) is 4.59. The fourth-order valence-electron chi connectivity index (χ4n) is 2.96. The minimum atomic E-state index is -4.04. The highest BCUT2D eigenvalue weighted by Gasteiger charge is 2.43. The number of nitrogens with zero attached hydrogens (tertiary/aromatic N) is 1. The summed E-state index contributed by atoms with van der Waals surface area (Å²) in [5, 5.41) is 9.36. The molecule has 166 valence electrons. The van der Waals surface area contributed by atoms with E-state index >= 15 is 0 Å². The lowest BCUT2D eigenvalue weighted by atomic mass is 10.1. The summed E-state index contributed by atoms with van der Waals surface area (Å²) in [6.45, 7) is 0. The summed E-state index contributed by atoms with van der Waals surface area (Å²) >= 11 is 0.794. The average Bonchev–Trinajstić information content (AvgIpc) is 3.20. The smallest absolute Gasteiger partial charge is 0.376 e. The van der Waals surface area contributed by atoms with Crippen LogP contribution >= 0.6 is 11.3 Å². The highest BCUT2D eigenvalue weighted by Crippen LogP contribution is 2.43. The molecule has 3 rings (SSSR count). The standard InChI is InChI=1S/C21H19F4NO4S/c1-29-15-10-13-11-18(31-17(13)12-16(15)30-2)20(22,23)9-8-19(27)26(28)21(24,25)14-6-4-3-5-7-14/h3-7,10-12,28H,8-9H2,1-2H3. The second kappa shape index (κ2) is 8.72. The quantitative estimate of drug-likeness (QED) is 0.202. The number of carbonyl (C=O) groups is 1. The van der Waals surface area contributed by atoms with Crippen molar-refractivity contribution < 1.29 is 37.0 Å². The van der Waals surface area contributed by atoms with Gasteiger partial charge < -0.3 is 9.47 Å². The van der Waals surface area contributed by atoms with E-state index in [0.29, 0.717) is 21.6 Å². The molecule has 0 saturated heterocycles. The van der Waals surface area contributed by atoms with Gasteiger partial charge in [0.15, 0.2) is 11.5 Å². The summed E-state index contributed by atoms with van der Waals surface area (Å²) < 4.78 is 68.8. The number of ether oxygens (including phenoxy) is 2. The molecule has 0 radical (unpaired) electrons. The van der Waals surface area contributed by atoms with E-state index in [2.05, 4.69) is 0 Å². The summed E-state index contributed by atoms with van der Waals surface area (Å²) in [6.07, 6.45) is -2.03. The molecule has 2 aromatic carbocycles. The van der Waals surface area contributed by atoms with Gasteiger partial charge in [0.1, 0.15) is 0 Å². The van der Waals surface area contributed by atoms with Crippen LogP contribution in [0.15, 0.2) is 48.5 Å². The molecule has 3 aromatic rings. The molecule has 0 aliphatic carbocycles. The lowest BCUT2D eigenvalue weighted by Crippen LogP contribution is -2.41. The molecule has 1 aromatic heterocycles. The molecule has 31 heavy (non-hydrogen) atoms. The zero-order valence-electron chi connectivity index (χ0n) is 16.6. The number of benzene rings is 2. The third-order valence-corrected chi connectivity index (χ3v) is 5.87. The summed E-state index contributed by atoms with van der Waals surface area (Å²) in [5.74, 6) is -4.24. The molecule has 0 spiro atoms. The summed E-state index contributed by atoms with van der Waals surface area (Å²) in [5.41, 5.74) is -0.634. The first-order chi connectivity index (χ1) is 14.6. The van der Waals surface area contributed by atoms with Gasteiger partial charge in [0.2, 0.25) is 0 Å². The molecular formula is C21H19F4NO4S. The second-order valence-corrected chi connectivity index (χ2v) is 7.76. The van der Waals surface area contributed by atoms with Crippen molar-refractivity contribution >= 4 is 27.3 Å². The Labute approximate surface area is 179 Å². The van der Waals surface area contributed by atoms with Crippen LogP contribution in [0, 0.1) is 0 Å². The van der Waals surface area contributed by atoms with Crippen LogP contribution in [0.2, 0.25) is 0 Å². The lowest BCUT2D eigenvalue weighted by molar-refractivity contribution is -0.280. The lowest BCUT2D eigenvalue weighted by Gasteiger charge is -2.26. The van der Waals surface area contributed by atoms with Gasteiger partial charge in [-0.15, -0.1) is 11.3 Å². The fraction of sp³-hybridized carbons (Fsp3) is 0.286. The highest BCUT2D eigenvalue weighted by atomic mass is 32.1. The van der Waals surface area contributed by atoms with Crippen LogP contribution in [-0.2, 0) is 16.8 Å². The SMILES string of the molecule is COc1cc2cc(C(F)(F)CCC(=O)N(O)C(F)(F)c3ccccc3)sc2cc1OC. The Kier molecular flexibility index (Phi) is 6.42. The second-order valence-electron chi connectivity index (χ2n) is 6.67. The average molecular weight is 457 g/mol. The van der Waals surface area contributed by atoms with Crippen molar-refractivity contribution in [3.8, 4) is 11.5 Å². The molecule has 0 saturated carbocycles. The minimum absolute atomic E-state index is 0.343. The van der Waals surface area contributed by atoms with Gasteiger partial charge in [-0.1, -0.05) is 30.3 Å². The third-order valence-electron chi connectivity index (χ3n) is 4.66. The van der Waals surface area contributed by atoms with E-state index in [4.69, 9.17) is 9.47 Å². The van der Waals surface area contributed by atoms with Crippen LogP contribution in [-0.4, -0.2) is 30.4 Å². The Bertz CT molecular complexity index is 1030. The molecule has 0 fully saturated rings. The normalized spacial score (nSPS) is 12.1. The largest absolute Gasteiger partial charge is 0.493 e. The van der Waals surface area contributed by atoms with Gasteiger partial charge in [0, 0.05) is 29.2 Å². The van der Waals surface area contributed by atoms with Gasteiger partial charge >= 0.3 is 6.05 Å². The predicted octanol–water partition coefficient (Wildman–Crippen LogP) is 5.76. The Morgan fingerprint density at radius 2 is 1.65 bits per heavy atom. The first-order valence-corrected chi connectivity index (χ1v) is 9.91. The van der Waals surface area contributed by atoms with Crippen molar-refractivity contribution in [1.29, 1.82) is 0 Å². The summed E-state index contributed by atoms with van der Waals surface area (Å²) in [4.78, 5) is 11.7. The van der Waals surface area contributed by atoms with Crippen molar-refractivity contribution in [3.05, 3.63) is 59.0 Å². The van der Waals surface area contributed by atoms with Gasteiger partial charge in [-0.25, -0.2) is 8.78 Å². The molecule has 1 heterocycles. The Morgan fingerprint density at radius 1 is 1.03 bits per heavy atom. The molecule has 0 bridgehead atoms. The van der Waals surface area contributed by atoms with Crippen LogP contribution < -0.4 is 9.47 Å². The molecule has 1 N–H and O–H groups in total. The number of hydrogen-bond acceptors (Lipinski definition) is 5. The van der Waals surface area contributed by atoms with Crippen molar-refractivity contribution in [2.45, 2.75) is 24.8 Å². The Hall–Kier alpha value is -2.85. The van der Waals surface area contributed by atoms with Crippen LogP contribution in [0.25, 0.3) is 10.1 Å². The Balaban J connectivity index is 1.75. The van der Waals surface area contributed by atoms with E-state index < -0.39 is 41.3 Å². The first-order valence-electron chi connectivity index (χ1n) is 9.09. The van der Waals surface area contributed by atoms with Gasteiger partial charge in [-0.2, -0.15) is 13.8 Å². The monoisotopic (exact) mass is 457 g/mol. The summed E-state index contributed by atoms with van der Waals surface area (Å²) in [6, 6.07) is 6.45. The van der Waals surface area contributed by atoms with Crippen molar-refractivity contribution in [3.63, 3.8) is 0 Å². The maximum Gasteiger partial charge on any atom is 0.376 e. The zero-order chi connectivity index (χ0) is 22.8. The molecule has 10 heteroatoms. The van der Waals surface area contributed by atoms with Gasteiger partial charge in [0.05, 0.1) is 19.1 Å². The van der Waals surface area contributed by atoms with Crippen LogP contribution in [0.3, 0.4) is 0 Å². The number of thiophene rings is 1. The number of alkyl halides is 4. The van der Waals surface area contributed by atoms with Crippen molar-refractivity contribution in [1.82, 2.24) is 5.06 Å². The fourth-order valence-corrected chi connectivity index (χ4v) is 4.03. The highest BCUT2D eigenvalue weighted by molar-refractivity contribution is 7.19. The topological polar surface area (TPSA) is 59.0 Å². The number of hydrogen-bond donors (Lipinski definition) is 1. The van der Waals surface area contributed by atoms with E-state index in [-0.39, 0.29) is 4.88 Å². The van der Waals surface area contributed by atoms with E-state index in [1.54, 1.807) is 12.1 Å². The predicted molar refractivity (Wildman–Crippen MR) is 107 cm³/mol. The van der Waals surface area contributed by atoms with Crippen molar-refractivity contribution in [2.24, 2.45) is 0 Å². The molecule has 0 unspecified atom stereocenters. The molecular weight excluding hydrogens is 438 g/mol. The number of hydroxylamine groups is 2. The maximum absolute atomic E-state index is 14.7. The molecule has 0 aliphatic rings. The maximum atomic E-state index is 14.7. The van der Waals surface area contributed by atoms with E-state index in [0.717, 1.165) is 23.5 Å². The van der Waals surface area contributed by atoms with E-state index in [1.807, 2.05) is 0 Å². The minimum Gasteiger partial charge on any atom is -0.493 e. The van der Waals surface area contributed by atoms with Crippen molar-refractivity contribution in [2.75, 3.05) is 14.2 Å².